The van der Waals surface area contributed by atoms with Gasteiger partial charge in [0.05, 0.1) is 12.2 Å². The molecular weight excluding hydrogens is 224 g/mol. The molecule has 2 unspecified atom stereocenters. The zero-order valence-electron chi connectivity index (χ0n) is 11.4. The predicted molar refractivity (Wildman–Crippen MR) is 73.3 cm³/mol. The predicted octanol–water partition coefficient (Wildman–Crippen LogP) is 3.04. The average Bonchev–Trinajstić information content (AvgIpc) is 2.31. The summed E-state index contributed by atoms with van der Waals surface area (Å²) in [5.74, 6) is 0.830. The molecule has 0 saturated carbocycles. The van der Waals surface area contributed by atoms with Gasteiger partial charge in [0.25, 0.3) is 0 Å². The van der Waals surface area contributed by atoms with E-state index in [-0.39, 0.29) is 6.10 Å². The van der Waals surface area contributed by atoms with Gasteiger partial charge in [-0.25, -0.2) is 0 Å². The summed E-state index contributed by atoms with van der Waals surface area (Å²) in [7, 11) is 0. The average molecular weight is 246 g/mol. The number of benzene rings is 1. The van der Waals surface area contributed by atoms with Crippen molar-refractivity contribution >= 4 is 0 Å². The summed E-state index contributed by atoms with van der Waals surface area (Å²) in [4.78, 5) is 0. The maximum absolute atomic E-state index is 8.87. The lowest BCUT2D eigenvalue weighted by Gasteiger charge is -2.21. The van der Waals surface area contributed by atoms with E-state index in [2.05, 4.69) is 25.1 Å². The molecule has 0 aliphatic heterocycles. The largest absolute Gasteiger partial charge is 0.491 e. The number of ether oxygens (including phenoxy) is 1. The first-order valence-corrected chi connectivity index (χ1v) is 6.42. The summed E-state index contributed by atoms with van der Waals surface area (Å²) in [5.41, 5.74) is 6.28. The van der Waals surface area contributed by atoms with Gasteiger partial charge in [0, 0.05) is 6.42 Å². The van der Waals surface area contributed by atoms with Gasteiger partial charge < -0.3 is 10.5 Å². The fourth-order valence-electron chi connectivity index (χ4n) is 1.94. The van der Waals surface area contributed by atoms with E-state index in [1.165, 1.54) is 5.56 Å². The molecule has 0 fully saturated rings. The van der Waals surface area contributed by atoms with Crippen molar-refractivity contribution in [1.29, 1.82) is 5.26 Å². The summed E-state index contributed by atoms with van der Waals surface area (Å²) >= 11 is 0. The first-order valence-electron chi connectivity index (χ1n) is 6.42. The first-order chi connectivity index (χ1) is 8.46. The normalized spacial score (nSPS) is 15.5. The Kier molecular flexibility index (Phi) is 5.18. The van der Waals surface area contributed by atoms with Crippen molar-refractivity contribution in [1.82, 2.24) is 0 Å². The summed E-state index contributed by atoms with van der Waals surface area (Å²) in [6.45, 7) is 5.82. The number of aryl methyl sites for hydroxylation is 1. The molecule has 18 heavy (non-hydrogen) atoms. The maximum atomic E-state index is 8.87. The van der Waals surface area contributed by atoms with Crippen molar-refractivity contribution in [2.24, 2.45) is 5.73 Å². The molecular formula is C15H22N2O. The van der Waals surface area contributed by atoms with E-state index in [0.717, 1.165) is 18.6 Å². The Morgan fingerprint density at radius 3 is 2.50 bits per heavy atom. The van der Waals surface area contributed by atoms with E-state index in [0.29, 0.717) is 6.42 Å². The van der Waals surface area contributed by atoms with Crippen LogP contribution in [0.2, 0.25) is 0 Å². The number of nitriles is 1. The zero-order valence-corrected chi connectivity index (χ0v) is 11.4. The van der Waals surface area contributed by atoms with Gasteiger partial charge in [-0.05, 0) is 38.0 Å². The molecule has 0 saturated heterocycles. The van der Waals surface area contributed by atoms with Crippen molar-refractivity contribution in [2.75, 3.05) is 0 Å². The number of rotatable bonds is 6. The van der Waals surface area contributed by atoms with E-state index < -0.39 is 5.54 Å². The number of hydrogen-bond donors (Lipinski definition) is 1. The van der Waals surface area contributed by atoms with Crippen LogP contribution in [-0.2, 0) is 6.42 Å². The molecule has 0 aromatic heterocycles. The molecule has 0 aliphatic carbocycles. The van der Waals surface area contributed by atoms with Gasteiger partial charge in [-0.1, -0.05) is 25.5 Å². The topological polar surface area (TPSA) is 59.0 Å². The highest BCUT2D eigenvalue weighted by Gasteiger charge is 2.21. The van der Waals surface area contributed by atoms with Crippen LogP contribution in [0.4, 0.5) is 0 Å². The van der Waals surface area contributed by atoms with Gasteiger partial charge in [0.15, 0.2) is 0 Å². The summed E-state index contributed by atoms with van der Waals surface area (Å²) in [5, 5.41) is 8.87. The number of nitrogens with two attached hydrogens (primary N) is 1. The van der Waals surface area contributed by atoms with Gasteiger partial charge in [0.2, 0.25) is 0 Å². The highest BCUT2D eigenvalue weighted by molar-refractivity contribution is 5.27. The monoisotopic (exact) mass is 246 g/mol. The van der Waals surface area contributed by atoms with Crippen LogP contribution in [0.5, 0.6) is 5.75 Å². The zero-order chi connectivity index (χ0) is 13.6. The standard InChI is InChI=1S/C15H22N2O/c1-4-5-13-6-8-14(9-7-13)18-12(2)10-15(3,17)11-16/h6-9,12H,4-5,10,17H2,1-3H3. The van der Waals surface area contributed by atoms with E-state index in [1.807, 2.05) is 19.1 Å². The molecule has 1 rings (SSSR count). The van der Waals surface area contributed by atoms with Gasteiger partial charge in [0.1, 0.15) is 11.3 Å². The van der Waals surface area contributed by atoms with Gasteiger partial charge >= 0.3 is 0 Å². The molecule has 0 radical (unpaired) electrons. The van der Waals surface area contributed by atoms with Crippen LogP contribution in [0.1, 0.15) is 39.2 Å². The Labute approximate surface area is 110 Å². The molecule has 1 aromatic rings. The minimum absolute atomic E-state index is 0.0725. The van der Waals surface area contributed by atoms with Crippen molar-refractivity contribution in [3.8, 4) is 11.8 Å². The third-order valence-corrected chi connectivity index (χ3v) is 2.77. The van der Waals surface area contributed by atoms with Crippen LogP contribution >= 0.6 is 0 Å². The second-order valence-corrected chi connectivity index (χ2v) is 5.06. The first kappa shape index (κ1) is 14.5. The molecule has 0 amide bonds. The highest BCUT2D eigenvalue weighted by atomic mass is 16.5. The van der Waals surface area contributed by atoms with E-state index in [9.17, 15) is 0 Å². The summed E-state index contributed by atoms with van der Waals surface area (Å²) < 4.78 is 5.75. The molecule has 0 aliphatic rings. The summed E-state index contributed by atoms with van der Waals surface area (Å²) in [6, 6.07) is 10.2. The van der Waals surface area contributed by atoms with Gasteiger partial charge in [-0.3, -0.25) is 0 Å². The highest BCUT2D eigenvalue weighted by Crippen LogP contribution is 2.18. The Balaban J connectivity index is 2.55. The molecule has 0 heterocycles. The fourth-order valence-corrected chi connectivity index (χ4v) is 1.94. The molecule has 2 atom stereocenters. The van der Waals surface area contributed by atoms with Crippen LogP contribution in [-0.4, -0.2) is 11.6 Å². The van der Waals surface area contributed by atoms with Crippen molar-refractivity contribution in [3.05, 3.63) is 29.8 Å². The molecule has 0 spiro atoms. The van der Waals surface area contributed by atoms with Crippen LogP contribution in [0.15, 0.2) is 24.3 Å². The van der Waals surface area contributed by atoms with E-state index >= 15 is 0 Å². The van der Waals surface area contributed by atoms with Crippen LogP contribution in [0, 0.1) is 11.3 Å². The lowest BCUT2D eigenvalue weighted by Crippen LogP contribution is -2.38. The van der Waals surface area contributed by atoms with Crippen molar-refractivity contribution < 1.29 is 4.74 Å². The van der Waals surface area contributed by atoms with E-state index in [4.69, 9.17) is 15.7 Å². The van der Waals surface area contributed by atoms with Crippen molar-refractivity contribution in [3.63, 3.8) is 0 Å². The molecule has 0 bridgehead atoms. The summed E-state index contributed by atoms with van der Waals surface area (Å²) in [6.07, 6.45) is 2.67. The SMILES string of the molecule is CCCc1ccc(OC(C)CC(C)(N)C#N)cc1. The lowest BCUT2D eigenvalue weighted by atomic mass is 9.98. The number of hydrogen-bond acceptors (Lipinski definition) is 3. The molecule has 3 nitrogen and oxygen atoms in total. The van der Waals surface area contributed by atoms with Crippen LogP contribution < -0.4 is 10.5 Å². The Morgan fingerprint density at radius 2 is 2.00 bits per heavy atom. The van der Waals surface area contributed by atoms with Gasteiger partial charge in [-0.2, -0.15) is 5.26 Å². The Bertz CT molecular complexity index is 403. The van der Waals surface area contributed by atoms with E-state index in [1.54, 1.807) is 6.92 Å². The fraction of sp³-hybridized carbons (Fsp3) is 0.533. The van der Waals surface area contributed by atoms with Crippen molar-refractivity contribution in [2.45, 2.75) is 51.7 Å². The lowest BCUT2D eigenvalue weighted by molar-refractivity contribution is 0.191. The third-order valence-electron chi connectivity index (χ3n) is 2.77. The maximum Gasteiger partial charge on any atom is 0.119 e. The molecule has 1 aromatic carbocycles. The second-order valence-electron chi connectivity index (χ2n) is 5.06. The third kappa shape index (κ3) is 4.77. The second kappa shape index (κ2) is 6.42. The Morgan fingerprint density at radius 1 is 1.39 bits per heavy atom. The minimum atomic E-state index is -0.832. The Hall–Kier alpha value is -1.53. The molecule has 3 heteroatoms. The quantitative estimate of drug-likeness (QED) is 0.839. The molecule has 2 N–H and O–H groups in total. The number of nitrogens with zero attached hydrogens (tertiary/aromatic N) is 1. The van der Waals surface area contributed by atoms with Crippen LogP contribution in [0.25, 0.3) is 0 Å². The smallest absolute Gasteiger partial charge is 0.119 e. The molecule has 98 valence electrons. The van der Waals surface area contributed by atoms with Crippen LogP contribution in [0.3, 0.4) is 0 Å². The van der Waals surface area contributed by atoms with Gasteiger partial charge in [-0.15, -0.1) is 0 Å². The minimum Gasteiger partial charge on any atom is -0.491 e.